The number of phenols is 2. The molecule has 0 radical (unpaired) electrons. The van der Waals surface area contributed by atoms with Gasteiger partial charge in [-0.3, -0.25) is 4.79 Å². The SMILES string of the molecule is CC(C)NCC(O)COc1cc(O)c(CC(N)=O)cc1O. The summed E-state index contributed by atoms with van der Waals surface area (Å²) in [5.74, 6) is -1.01. The maximum Gasteiger partial charge on any atom is 0.221 e. The molecule has 7 heteroatoms. The van der Waals surface area contributed by atoms with Crippen LogP contribution in [0.3, 0.4) is 0 Å². The molecule has 1 amide bonds. The standard InChI is InChI=1S/C14H22N2O5/c1-8(2)16-6-10(17)7-21-13-5-11(18)9(3-12(13)19)4-14(15)20/h3,5,8,10,16-19H,4,6-7H2,1-2H3,(H2,15,20). The highest BCUT2D eigenvalue weighted by molar-refractivity contribution is 5.77. The van der Waals surface area contributed by atoms with Crippen LogP contribution in [0.4, 0.5) is 0 Å². The molecule has 7 nitrogen and oxygen atoms in total. The normalized spacial score (nSPS) is 12.4. The van der Waals surface area contributed by atoms with E-state index in [9.17, 15) is 20.1 Å². The van der Waals surface area contributed by atoms with Gasteiger partial charge in [-0.25, -0.2) is 0 Å². The van der Waals surface area contributed by atoms with Gasteiger partial charge >= 0.3 is 0 Å². The molecular formula is C14H22N2O5. The van der Waals surface area contributed by atoms with Crippen LogP contribution in [-0.4, -0.2) is 46.5 Å². The molecule has 0 aliphatic heterocycles. The van der Waals surface area contributed by atoms with Crippen molar-refractivity contribution in [2.45, 2.75) is 32.4 Å². The molecule has 1 atom stereocenters. The number of aliphatic hydroxyl groups excluding tert-OH is 1. The number of benzene rings is 1. The van der Waals surface area contributed by atoms with E-state index in [0.29, 0.717) is 6.54 Å². The van der Waals surface area contributed by atoms with Crippen molar-refractivity contribution in [1.29, 1.82) is 0 Å². The maximum absolute atomic E-state index is 10.8. The molecule has 0 saturated carbocycles. The molecular weight excluding hydrogens is 276 g/mol. The summed E-state index contributed by atoms with van der Waals surface area (Å²) in [4.78, 5) is 10.8. The Hall–Kier alpha value is -1.99. The van der Waals surface area contributed by atoms with Gasteiger partial charge < -0.3 is 31.1 Å². The van der Waals surface area contributed by atoms with Crippen LogP contribution in [0.15, 0.2) is 12.1 Å². The Bertz CT molecular complexity index is 490. The van der Waals surface area contributed by atoms with Crippen LogP contribution >= 0.6 is 0 Å². The first-order chi connectivity index (χ1) is 9.79. The fraction of sp³-hybridized carbons (Fsp3) is 0.500. The number of aliphatic hydroxyl groups is 1. The number of carbonyl (C=O) groups excluding carboxylic acids is 1. The number of aromatic hydroxyl groups is 2. The summed E-state index contributed by atoms with van der Waals surface area (Å²) in [5.41, 5.74) is 5.25. The zero-order valence-electron chi connectivity index (χ0n) is 12.2. The molecule has 0 spiro atoms. The van der Waals surface area contributed by atoms with Gasteiger partial charge in [0, 0.05) is 24.2 Å². The molecule has 1 aromatic carbocycles. The molecule has 1 rings (SSSR count). The van der Waals surface area contributed by atoms with Crippen LogP contribution in [-0.2, 0) is 11.2 Å². The van der Waals surface area contributed by atoms with Gasteiger partial charge in [0.05, 0.1) is 6.42 Å². The lowest BCUT2D eigenvalue weighted by Crippen LogP contribution is -2.35. The van der Waals surface area contributed by atoms with Crippen LogP contribution in [0, 0.1) is 0 Å². The molecule has 118 valence electrons. The van der Waals surface area contributed by atoms with Crippen molar-refractivity contribution in [2.75, 3.05) is 13.2 Å². The van der Waals surface area contributed by atoms with E-state index in [4.69, 9.17) is 10.5 Å². The van der Waals surface area contributed by atoms with E-state index in [-0.39, 0.29) is 41.9 Å². The Labute approximate surface area is 123 Å². The number of phenolic OH excluding ortho intramolecular Hbond substituents is 2. The summed E-state index contributed by atoms with van der Waals surface area (Å²) in [6.07, 6.45) is -0.931. The Morgan fingerprint density at radius 3 is 2.57 bits per heavy atom. The van der Waals surface area contributed by atoms with E-state index in [1.54, 1.807) is 0 Å². The molecule has 0 aliphatic carbocycles. The van der Waals surface area contributed by atoms with E-state index in [0.717, 1.165) is 0 Å². The number of nitrogens with two attached hydrogens (primary N) is 1. The number of carbonyl (C=O) groups is 1. The fourth-order valence-corrected chi connectivity index (χ4v) is 1.66. The summed E-state index contributed by atoms with van der Waals surface area (Å²) in [7, 11) is 0. The summed E-state index contributed by atoms with van der Waals surface area (Å²) >= 11 is 0. The van der Waals surface area contributed by atoms with E-state index in [1.165, 1.54) is 12.1 Å². The van der Waals surface area contributed by atoms with E-state index < -0.39 is 12.0 Å². The van der Waals surface area contributed by atoms with Crippen LogP contribution in [0.1, 0.15) is 19.4 Å². The lowest BCUT2D eigenvalue weighted by atomic mass is 10.1. The van der Waals surface area contributed by atoms with Gasteiger partial charge in [-0.1, -0.05) is 13.8 Å². The quantitative estimate of drug-likeness (QED) is 0.426. The Balaban J connectivity index is 2.63. The van der Waals surface area contributed by atoms with Crippen molar-refractivity contribution in [3.05, 3.63) is 17.7 Å². The summed E-state index contributed by atoms with van der Waals surface area (Å²) in [5, 5.41) is 32.3. The van der Waals surface area contributed by atoms with E-state index >= 15 is 0 Å². The van der Waals surface area contributed by atoms with E-state index in [2.05, 4.69) is 5.32 Å². The fourth-order valence-electron chi connectivity index (χ4n) is 1.66. The Morgan fingerprint density at radius 1 is 1.33 bits per heavy atom. The lowest BCUT2D eigenvalue weighted by molar-refractivity contribution is -0.117. The van der Waals surface area contributed by atoms with Crippen molar-refractivity contribution in [3.63, 3.8) is 0 Å². The number of rotatable bonds is 8. The van der Waals surface area contributed by atoms with Gasteiger partial charge in [-0.15, -0.1) is 0 Å². The maximum atomic E-state index is 10.8. The van der Waals surface area contributed by atoms with Gasteiger partial charge in [0.1, 0.15) is 18.5 Å². The van der Waals surface area contributed by atoms with Crippen LogP contribution < -0.4 is 15.8 Å². The lowest BCUT2D eigenvalue weighted by Gasteiger charge is -2.16. The zero-order chi connectivity index (χ0) is 16.0. The van der Waals surface area contributed by atoms with Crippen LogP contribution in [0.2, 0.25) is 0 Å². The molecule has 0 aromatic heterocycles. The number of ether oxygens (including phenoxy) is 1. The van der Waals surface area contributed by atoms with Gasteiger partial charge in [0.25, 0.3) is 0 Å². The second-order valence-electron chi connectivity index (χ2n) is 5.12. The average Bonchev–Trinajstić information content (AvgIpc) is 2.38. The molecule has 0 saturated heterocycles. The number of nitrogens with one attached hydrogen (secondary N) is 1. The molecule has 0 heterocycles. The van der Waals surface area contributed by atoms with Crippen LogP contribution in [0.5, 0.6) is 17.2 Å². The summed E-state index contributed by atoms with van der Waals surface area (Å²) < 4.78 is 5.26. The third-order valence-corrected chi connectivity index (χ3v) is 2.72. The molecule has 1 aromatic rings. The monoisotopic (exact) mass is 298 g/mol. The van der Waals surface area contributed by atoms with Gasteiger partial charge in [-0.05, 0) is 6.07 Å². The van der Waals surface area contributed by atoms with Crippen molar-refractivity contribution in [2.24, 2.45) is 5.73 Å². The first-order valence-corrected chi connectivity index (χ1v) is 6.67. The highest BCUT2D eigenvalue weighted by Crippen LogP contribution is 2.33. The first-order valence-electron chi connectivity index (χ1n) is 6.67. The molecule has 0 fully saturated rings. The van der Waals surface area contributed by atoms with Gasteiger partial charge in [0.15, 0.2) is 11.5 Å². The minimum Gasteiger partial charge on any atom is -0.508 e. The molecule has 6 N–H and O–H groups in total. The smallest absolute Gasteiger partial charge is 0.221 e. The predicted octanol–water partition coefficient (Wildman–Crippen LogP) is -0.137. The minimum atomic E-state index is -0.751. The van der Waals surface area contributed by atoms with Crippen LogP contribution in [0.25, 0.3) is 0 Å². The minimum absolute atomic E-state index is 0.0318. The zero-order valence-corrected chi connectivity index (χ0v) is 12.2. The predicted molar refractivity (Wildman–Crippen MR) is 77.3 cm³/mol. The van der Waals surface area contributed by atoms with Crippen molar-refractivity contribution >= 4 is 5.91 Å². The number of hydrogen-bond donors (Lipinski definition) is 5. The van der Waals surface area contributed by atoms with Crippen molar-refractivity contribution in [3.8, 4) is 17.2 Å². The second-order valence-corrected chi connectivity index (χ2v) is 5.12. The molecule has 0 bridgehead atoms. The van der Waals surface area contributed by atoms with E-state index in [1.807, 2.05) is 13.8 Å². The van der Waals surface area contributed by atoms with Gasteiger partial charge in [-0.2, -0.15) is 0 Å². The summed E-state index contributed by atoms with van der Waals surface area (Å²) in [6, 6.07) is 2.65. The Morgan fingerprint density at radius 2 is 2.00 bits per heavy atom. The van der Waals surface area contributed by atoms with Gasteiger partial charge in [0.2, 0.25) is 5.91 Å². The second kappa shape index (κ2) is 7.70. The third kappa shape index (κ3) is 5.88. The highest BCUT2D eigenvalue weighted by atomic mass is 16.5. The largest absolute Gasteiger partial charge is 0.508 e. The topological polar surface area (TPSA) is 125 Å². The third-order valence-electron chi connectivity index (χ3n) is 2.72. The highest BCUT2D eigenvalue weighted by Gasteiger charge is 2.13. The number of amides is 1. The summed E-state index contributed by atoms with van der Waals surface area (Å²) in [6.45, 7) is 4.22. The average molecular weight is 298 g/mol. The van der Waals surface area contributed by atoms with Crippen molar-refractivity contribution < 1.29 is 24.9 Å². The van der Waals surface area contributed by atoms with Crippen molar-refractivity contribution in [1.82, 2.24) is 5.32 Å². The number of hydrogen-bond acceptors (Lipinski definition) is 6. The molecule has 21 heavy (non-hydrogen) atoms. The molecule has 0 aliphatic rings. The number of primary amides is 1. The first kappa shape index (κ1) is 17.1. The Kier molecular flexibility index (Phi) is 6.26. The molecule has 1 unspecified atom stereocenters.